The van der Waals surface area contributed by atoms with Crippen molar-refractivity contribution in [1.82, 2.24) is 9.80 Å². The topological polar surface area (TPSA) is 115 Å². The summed E-state index contributed by atoms with van der Waals surface area (Å²) in [5.41, 5.74) is 0. The molecule has 2 saturated heterocycles. The van der Waals surface area contributed by atoms with Gasteiger partial charge in [-0.1, -0.05) is 48.0 Å². The number of aliphatic carboxylic acids is 2. The van der Waals surface area contributed by atoms with E-state index in [9.17, 15) is 19.2 Å². The van der Waals surface area contributed by atoms with Crippen molar-refractivity contribution in [3.63, 3.8) is 0 Å². The summed E-state index contributed by atoms with van der Waals surface area (Å²) < 4.78 is 0.648. The number of rotatable bonds is 8. The Hall–Kier alpha value is -1.24. The van der Waals surface area contributed by atoms with Gasteiger partial charge >= 0.3 is 11.9 Å². The molecule has 25 heavy (non-hydrogen) atoms. The van der Waals surface area contributed by atoms with Crippen LogP contribution in [-0.2, 0) is 19.2 Å². The summed E-state index contributed by atoms with van der Waals surface area (Å²) in [6.07, 6.45) is -0.177. The van der Waals surface area contributed by atoms with Crippen LogP contribution in [0.25, 0.3) is 0 Å². The molecule has 136 valence electrons. The number of thiocarbonyl (C=S) groups is 2. The van der Waals surface area contributed by atoms with Crippen molar-refractivity contribution in [3.05, 3.63) is 0 Å². The van der Waals surface area contributed by atoms with Gasteiger partial charge in [0.25, 0.3) is 0 Å². The van der Waals surface area contributed by atoms with Crippen LogP contribution in [0.2, 0.25) is 0 Å². The number of carboxylic acid groups (broad SMARTS) is 2. The predicted octanol–water partition coefficient (Wildman–Crippen LogP) is 0.784. The van der Waals surface area contributed by atoms with E-state index in [1.54, 1.807) is 0 Å². The molecule has 0 aromatic rings. The van der Waals surface area contributed by atoms with Gasteiger partial charge in [0.15, 0.2) is 0 Å². The summed E-state index contributed by atoms with van der Waals surface area (Å²) in [7, 11) is 0. The fraction of sp³-hybridized carbons (Fsp3) is 0.538. The number of hydrogen-bond acceptors (Lipinski definition) is 8. The maximum Gasteiger partial charge on any atom is 0.305 e. The monoisotopic (exact) mass is 422 g/mol. The van der Waals surface area contributed by atoms with Crippen LogP contribution in [-0.4, -0.2) is 76.0 Å². The molecule has 2 rings (SSSR count). The largest absolute Gasteiger partial charge is 0.481 e. The second-order valence-electron chi connectivity index (χ2n) is 5.27. The zero-order valence-electron chi connectivity index (χ0n) is 12.7. The second-order valence-corrected chi connectivity index (χ2v) is 8.95. The maximum absolute atomic E-state index is 12.2. The fourth-order valence-electron chi connectivity index (χ4n) is 2.36. The van der Waals surface area contributed by atoms with Crippen LogP contribution in [0, 0.1) is 0 Å². The first-order chi connectivity index (χ1) is 11.7. The second kappa shape index (κ2) is 8.43. The lowest BCUT2D eigenvalue weighted by Crippen LogP contribution is -2.37. The molecule has 0 radical (unpaired) electrons. The standard InChI is InChI=1S/C13H14N2O6S4/c16-8(17)4-6-10(20)14(12(22)24-6)2-1-3-15-11(21)7(5-9(18)19)25-13(15)23/h6-7H,1-5H2,(H,16,17)(H,18,19). The number of carbonyl (C=O) groups is 4. The molecule has 2 aliphatic heterocycles. The van der Waals surface area contributed by atoms with E-state index in [-0.39, 0.29) is 37.7 Å². The highest BCUT2D eigenvalue weighted by molar-refractivity contribution is 8.24. The van der Waals surface area contributed by atoms with Gasteiger partial charge in [-0.25, -0.2) is 0 Å². The van der Waals surface area contributed by atoms with Gasteiger partial charge < -0.3 is 10.2 Å². The van der Waals surface area contributed by atoms with Crippen molar-refractivity contribution in [2.75, 3.05) is 13.1 Å². The molecule has 0 aromatic carbocycles. The fourth-order valence-corrected chi connectivity index (χ4v) is 5.44. The average molecular weight is 423 g/mol. The van der Waals surface area contributed by atoms with Crippen molar-refractivity contribution in [2.45, 2.75) is 29.8 Å². The minimum atomic E-state index is -1.06. The number of nitrogens with zero attached hydrogens (tertiary/aromatic N) is 2. The van der Waals surface area contributed by atoms with E-state index in [2.05, 4.69) is 0 Å². The smallest absolute Gasteiger partial charge is 0.305 e. The Labute approximate surface area is 162 Å². The first-order valence-electron chi connectivity index (χ1n) is 7.18. The first-order valence-corrected chi connectivity index (χ1v) is 9.76. The summed E-state index contributed by atoms with van der Waals surface area (Å²) in [5.74, 6) is -2.81. The molecule has 0 spiro atoms. The minimum absolute atomic E-state index is 0.251. The zero-order chi connectivity index (χ0) is 18.7. The summed E-state index contributed by atoms with van der Waals surface area (Å²) >= 11 is 12.3. The molecule has 2 atom stereocenters. The summed E-state index contributed by atoms with van der Waals surface area (Å²) in [5, 5.41) is 16.2. The molecule has 8 nitrogen and oxygen atoms in total. The van der Waals surface area contributed by atoms with Gasteiger partial charge in [0.05, 0.1) is 12.8 Å². The Morgan fingerprint density at radius 1 is 0.880 bits per heavy atom. The van der Waals surface area contributed by atoms with Gasteiger partial charge in [-0.05, 0) is 6.42 Å². The van der Waals surface area contributed by atoms with Crippen LogP contribution in [0.3, 0.4) is 0 Å². The third-order valence-corrected chi connectivity index (χ3v) is 6.66. The van der Waals surface area contributed by atoms with Crippen molar-refractivity contribution in [1.29, 1.82) is 0 Å². The molecule has 2 heterocycles. The quantitative estimate of drug-likeness (QED) is 0.544. The maximum atomic E-state index is 12.2. The highest BCUT2D eigenvalue weighted by Crippen LogP contribution is 2.31. The molecule has 2 N–H and O–H groups in total. The average Bonchev–Trinajstić information content (AvgIpc) is 2.90. The molecule has 0 bridgehead atoms. The third-order valence-electron chi connectivity index (χ3n) is 3.49. The highest BCUT2D eigenvalue weighted by atomic mass is 32.2. The Balaban J connectivity index is 1.86. The van der Waals surface area contributed by atoms with E-state index in [0.717, 1.165) is 23.5 Å². The predicted molar refractivity (Wildman–Crippen MR) is 101 cm³/mol. The zero-order valence-corrected chi connectivity index (χ0v) is 16.0. The molecule has 2 aliphatic rings. The lowest BCUT2D eigenvalue weighted by molar-refractivity contribution is -0.139. The number of thioether (sulfide) groups is 2. The molecular formula is C13H14N2O6S4. The van der Waals surface area contributed by atoms with E-state index < -0.39 is 22.4 Å². The van der Waals surface area contributed by atoms with Crippen LogP contribution in [0.1, 0.15) is 19.3 Å². The Kier molecular flexibility index (Phi) is 6.77. The van der Waals surface area contributed by atoms with E-state index in [1.807, 2.05) is 0 Å². The molecule has 0 aliphatic carbocycles. The van der Waals surface area contributed by atoms with Gasteiger partial charge in [-0.3, -0.25) is 29.0 Å². The third kappa shape index (κ3) is 4.90. The molecule has 0 aromatic heterocycles. The van der Waals surface area contributed by atoms with Gasteiger partial charge in [0.1, 0.15) is 19.1 Å². The molecule has 2 unspecified atom stereocenters. The van der Waals surface area contributed by atoms with Gasteiger partial charge in [-0.15, -0.1) is 0 Å². The van der Waals surface area contributed by atoms with Crippen molar-refractivity contribution < 1.29 is 29.4 Å². The summed E-state index contributed by atoms with van der Waals surface area (Å²) in [4.78, 5) is 48.5. The number of carbonyl (C=O) groups excluding carboxylic acids is 2. The van der Waals surface area contributed by atoms with Crippen molar-refractivity contribution >= 4 is 80.4 Å². The van der Waals surface area contributed by atoms with Crippen LogP contribution in [0.5, 0.6) is 0 Å². The van der Waals surface area contributed by atoms with E-state index in [4.69, 9.17) is 34.6 Å². The van der Waals surface area contributed by atoms with Crippen LogP contribution in [0.15, 0.2) is 0 Å². The van der Waals surface area contributed by atoms with Crippen LogP contribution < -0.4 is 0 Å². The summed E-state index contributed by atoms with van der Waals surface area (Å²) in [6, 6.07) is 0. The van der Waals surface area contributed by atoms with Crippen molar-refractivity contribution in [2.24, 2.45) is 0 Å². The lowest BCUT2D eigenvalue weighted by atomic mass is 10.2. The van der Waals surface area contributed by atoms with Gasteiger partial charge in [0.2, 0.25) is 11.8 Å². The van der Waals surface area contributed by atoms with Crippen LogP contribution in [0.4, 0.5) is 0 Å². The Morgan fingerprint density at radius 3 is 1.56 bits per heavy atom. The number of carboxylic acids is 2. The van der Waals surface area contributed by atoms with E-state index in [0.29, 0.717) is 15.1 Å². The van der Waals surface area contributed by atoms with Gasteiger partial charge in [0, 0.05) is 13.1 Å². The molecular weight excluding hydrogens is 408 g/mol. The SMILES string of the molecule is O=C(O)CC1SC(=S)N(CCCN2C(=O)C(CC(=O)O)SC2=S)C1=O. The Bertz CT molecular complexity index is 600. The minimum Gasteiger partial charge on any atom is -0.481 e. The molecule has 2 amide bonds. The number of amides is 2. The number of hydrogen-bond donors (Lipinski definition) is 2. The van der Waals surface area contributed by atoms with Gasteiger partial charge in [-0.2, -0.15) is 0 Å². The van der Waals surface area contributed by atoms with E-state index in [1.165, 1.54) is 9.80 Å². The van der Waals surface area contributed by atoms with Crippen molar-refractivity contribution in [3.8, 4) is 0 Å². The lowest BCUT2D eigenvalue weighted by Gasteiger charge is -2.19. The molecule has 12 heteroatoms. The summed E-state index contributed by atoms with van der Waals surface area (Å²) in [6.45, 7) is 0.503. The Morgan fingerprint density at radius 2 is 1.24 bits per heavy atom. The first kappa shape index (κ1) is 20.1. The van der Waals surface area contributed by atoms with E-state index >= 15 is 0 Å². The van der Waals surface area contributed by atoms with Crippen LogP contribution >= 0.6 is 48.0 Å². The molecule has 2 fully saturated rings. The highest BCUT2D eigenvalue weighted by Gasteiger charge is 2.40. The molecule has 0 saturated carbocycles. The normalized spacial score (nSPS) is 23.7.